The van der Waals surface area contributed by atoms with Crippen molar-refractivity contribution in [2.45, 2.75) is 13.5 Å². The van der Waals surface area contributed by atoms with E-state index in [0.717, 1.165) is 6.07 Å². The minimum absolute atomic E-state index is 0.0312. The van der Waals surface area contributed by atoms with Crippen LogP contribution >= 0.6 is 11.6 Å². The van der Waals surface area contributed by atoms with Crippen molar-refractivity contribution in [3.63, 3.8) is 0 Å². The molecule has 0 radical (unpaired) electrons. The molecule has 0 saturated carbocycles. The Morgan fingerprint density at radius 2 is 2.08 bits per heavy atom. The van der Waals surface area contributed by atoms with Gasteiger partial charge in [-0.1, -0.05) is 11.6 Å². The molecule has 0 spiro atoms. The molecule has 1 aromatic heterocycles. The fourth-order valence-electron chi connectivity index (χ4n) is 2.96. The number of benzene rings is 1. The maximum Gasteiger partial charge on any atom is 0.341 e. The van der Waals surface area contributed by atoms with E-state index in [1.807, 2.05) is 0 Å². The van der Waals surface area contributed by atoms with E-state index in [1.54, 1.807) is 16.4 Å². The van der Waals surface area contributed by atoms with Crippen molar-refractivity contribution in [1.82, 2.24) is 4.57 Å². The van der Waals surface area contributed by atoms with Crippen molar-refractivity contribution in [3.05, 3.63) is 38.9 Å². The number of halogens is 2. The average Bonchev–Trinajstić information content (AvgIpc) is 2.56. The third-order valence-corrected chi connectivity index (χ3v) is 4.49. The highest BCUT2D eigenvalue weighted by atomic mass is 35.5. The maximum absolute atomic E-state index is 14.7. The fourth-order valence-corrected chi connectivity index (χ4v) is 3.38. The number of fused-ring (bicyclic) bond motifs is 1. The fraction of sp³-hybridized carbons (Fsp3) is 0.375. The lowest BCUT2D eigenvalue weighted by Crippen LogP contribution is -2.37. The Morgan fingerprint density at radius 1 is 1.42 bits per heavy atom. The lowest BCUT2D eigenvalue weighted by Gasteiger charge is -2.30. The Bertz CT molecular complexity index is 875. The summed E-state index contributed by atoms with van der Waals surface area (Å²) in [5.41, 5.74) is -0.579. The number of morpholine rings is 1. The van der Waals surface area contributed by atoms with Crippen molar-refractivity contribution in [3.8, 4) is 0 Å². The van der Waals surface area contributed by atoms with Crippen LogP contribution in [0.2, 0.25) is 5.02 Å². The van der Waals surface area contributed by atoms with E-state index >= 15 is 0 Å². The number of hydrogen-bond donors (Lipinski definition) is 1. The molecule has 1 aliphatic rings. The first kappa shape index (κ1) is 16.7. The van der Waals surface area contributed by atoms with Crippen LogP contribution in [-0.2, 0) is 11.3 Å². The molecule has 0 atom stereocenters. The summed E-state index contributed by atoms with van der Waals surface area (Å²) in [5.74, 6) is -1.99. The molecule has 2 aromatic rings. The second-order valence-electron chi connectivity index (χ2n) is 5.48. The third kappa shape index (κ3) is 2.63. The van der Waals surface area contributed by atoms with Gasteiger partial charge in [-0.3, -0.25) is 4.79 Å². The molecule has 128 valence electrons. The van der Waals surface area contributed by atoms with E-state index in [2.05, 4.69) is 0 Å². The van der Waals surface area contributed by atoms with Crippen LogP contribution in [0, 0.1) is 5.82 Å². The average molecular weight is 355 g/mol. The molecule has 1 N–H and O–H groups in total. The van der Waals surface area contributed by atoms with Gasteiger partial charge in [0.15, 0.2) is 0 Å². The van der Waals surface area contributed by atoms with Gasteiger partial charge in [-0.15, -0.1) is 0 Å². The summed E-state index contributed by atoms with van der Waals surface area (Å²) in [6.07, 6.45) is 1.25. The van der Waals surface area contributed by atoms with Gasteiger partial charge in [-0.05, 0) is 13.0 Å². The molecule has 2 heterocycles. The first-order valence-corrected chi connectivity index (χ1v) is 7.94. The second kappa shape index (κ2) is 6.41. The van der Waals surface area contributed by atoms with E-state index in [9.17, 15) is 19.1 Å². The van der Waals surface area contributed by atoms with E-state index in [4.69, 9.17) is 16.3 Å². The zero-order valence-corrected chi connectivity index (χ0v) is 13.8. The zero-order chi connectivity index (χ0) is 17.4. The summed E-state index contributed by atoms with van der Waals surface area (Å²) in [7, 11) is 0. The minimum Gasteiger partial charge on any atom is -0.477 e. The Balaban J connectivity index is 2.34. The third-order valence-electron chi connectivity index (χ3n) is 4.13. The van der Waals surface area contributed by atoms with Gasteiger partial charge in [-0.25, -0.2) is 9.18 Å². The molecule has 0 unspecified atom stereocenters. The van der Waals surface area contributed by atoms with E-state index < -0.39 is 22.8 Å². The summed E-state index contributed by atoms with van der Waals surface area (Å²) in [6.45, 7) is 4.10. The first-order chi connectivity index (χ1) is 11.5. The number of pyridine rings is 1. The Morgan fingerprint density at radius 3 is 2.67 bits per heavy atom. The van der Waals surface area contributed by atoms with Gasteiger partial charge in [0.2, 0.25) is 5.43 Å². The lowest BCUT2D eigenvalue weighted by atomic mass is 10.1. The molecular weight excluding hydrogens is 339 g/mol. The number of hydrogen-bond acceptors (Lipinski definition) is 4. The van der Waals surface area contributed by atoms with Gasteiger partial charge in [0.1, 0.15) is 11.4 Å². The molecule has 24 heavy (non-hydrogen) atoms. The Labute approximate surface area is 142 Å². The van der Waals surface area contributed by atoms with Crippen LogP contribution in [0.25, 0.3) is 10.9 Å². The predicted molar refractivity (Wildman–Crippen MR) is 88.8 cm³/mol. The normalized spacial score (nSPS) is 15.0. The summed E-state index contributed by atoms with van der Waals surface area (Å²) in [4.78, 5) is 25.4. The SMILES string of the molecule is CCn1cc(C(=O)O)c(=O)c2cc(F)c(N3CCOCC3)c(Cl)c21. The summed E-state index contributed by atoms with van der Waals surface area (Å²) in [6, 6.07) is 1.08. The first-order valence-electron chi connectivity index (χ1n) is 7.56. The van der Waals surface area contributed by atoms with Crippen LogP contribution < -0.4 is 10.3 Å². The van der Waals surface area contributed by atoms with E-state index in [0.29, 0.717) is 38.4 Å². The number of anilines is 1. The highest BCUT2D eigenvalue weighted by molar-refractivity contribution is 6.38. The van der Waals surface area contributed by atoms with Crippen LogP contribution in [0.3, 0.4) is 0 Å². The minimum atomic E-state index is -1.35. The van der Waals surface area contributed by atoms with Crippen molar-refractivity contribution in [1.29, 1.82) is 0 Å². The zero-order valence-electron chi connectivity index (χ0n) is 13.0. The van der Waals surface area contributed by atoms with E-state index in [-0.39, 0.29) is 16.1 Å². The van der Waals surface area contributed by atoms with Gasteiger partial charge in [0.25, 0.3) is 0 Å². The topological polar surface area (TPSA) is 71.8 Å². The number of ether oxygens (including phenoxy) is 1. The molecule has 1 fully saturated rings. The standard InChI is InChI=1S/C16H16ClFN2O4/c1-2-19-8-10(16(22)23)15(21)9-7-11(18)14(12(17)13(9)19)20-3-5-24-6-4-20/h7-8H,2-6H2,1H3,(H,22,23). The molecule has 1 saturated heterocycles. The molecular formula is C16H16ClFN2O4. The summed E-state index contributed by atoms with van der Waals surface area (Å²) >= 11 is 6.44. The monoisotopic (exact) mass is 354 g/mol. The van der Waals surface area contributed by atoms with Crippen molar-refractivity contribution >= 4 is 34.2 Å². The lowest BCUT2D eigenvalue weighted by molar-refractivity contribution is 0.0695. The molecule has 0 amide bonds. The van der Waals surface area contributed by atoms with Gasteiger partial charge < -0.3 is 19.3 Å². The van der Waals surface area contributed by atoms with Crippen LogP contribution in [-0.4, -0.2) is 41.9 Å². The highest BCUT2D eigenvalue weighted by Gasteiger charge is 2.24. The highest BCUT2D eigenvalue weighted by Crippen LogP contribution is 2.36. The van der Waals surface area contributed by atoms with Gasteiger partial charge in [0, 0.05) is 25.8 Å². The second-order valence-corrected chi connectivity index (χ2v) is 5.86. The van der Waals surface area contributed by atoms with Crippen LogP contribution in [0.5, 0.6) is 0 Å². The maximum atomic E-state index is 14.7. The number of carboxylic acid groups (broad SMARTS) is 1. The van der Waals surface area contributed by atoms with Crippen molar-refractivity contribution < 1.29 is 19.0 Å². The number of nitrogens with zero attached hydrogens (tertiary/aromatic N) is 2. The van der Waals surface area contributed by atoms with Gasteiger partial charge in [-0.2, -0.15) is 0 Å². The number of aromatic carboxylic acids is 1. The summed E-state index contributed by atoms with van der Waals surface area (Å²) in [5, 5.41) is 9.26. The van der Waals surface area contributed by atoms with Crippen LogP contribution in [0.4, 0.5) is 10.1 Å². The van der Waals surface area contributed by atoms with Crippen molar-refractivity contribution in [2.24, 2.45) is 0 Å². The quantitative estimate of drug-likeness (QED) is 0.916. The number of rotatable bonds is 3. The van der Waals surface area contributed by atoms with Gasteiger partial charge in [0.05, 0.1) is 34.8 Å². The molecule has 8 heteroatoms. The molecule has 1 aromatic carbocycles. The smallest absolute Gasteiger partial charge is 0.341 e. The molecule has 0 aliphatic carbocycles. The molecule has 3 rings (SSSR count). The molecule has 1 aliphatic heterocycles. The largest absolute Gasteiger partial charge is 0.477 e. The number of aryl methyl sites for hydroxylation is 1. The Hall–Kier alpha value is -2.12. The number of aromatic nitrogens is 1. The number of carboxylic acids is 1. The number of carbonyl (C=O) groups is 1. The summed E-state index contributed by atoms with van der Waals surface area (Å²) < 4.78 is 21.5. The van der Waals surface area contributed by atoms with Crippen molar-refractivity contribution in [2.75, 3.05) is 31.2 Å². The Kier molecular flexibility index (Phi) is 4.47. The van der Waals surface area contributed by atoms with Crippen LogP contribution in [0.1, 0.15) is 17.3 Å². The molecule has 6 nitrogen and oxygen atoms in total. The van der Waals surface area contributed by atoms with Crippen LogP contribution in [0.15, 0.2) is 17.1 Å². The van der Waals surface area contributed by atoms with E-state index in [1.165, 1.54) is 6.20 Å². The molecule has 0 bridgehead atoms. The predicted octanol–water partition coefficient (Wildman–Crippen LogP) is 2.35. The van der Waals surface area contributed by atoms with Gasteiger partial charge >= 0.3 is 5.97 Å².